The zero-order valence-electron chi connectivity index (χ0n) is 16.4. The van der Waals surface area contributed by atoms with Crippen LogP contribution in [0.3, 0.4) is 0 Å². The minimum atomic E-state index is -0.576. The fraction of sp³-hybridized carbons (Fsp3) is 0.526. The molecule has 8 heteroatoms. The standard InChI is InChI=1S/C19H27N3O4S/c1-6-19(7-2,12-20-17(24)26-18(3,4)5)22-15(23)14-11-27-16(21-14)13-8-9-25-10-13/h8-11H,6-7,12H2,1-5H3,(H,20,24)(H,22,23). The largest absolute Gasteiger partial charge is 0.472 e. The molecular formula is C19H27N3O4S. The Kier molecular flexibility index (Phi) is 6.64. The lowest BCUT2D eigenvalue weighted by atomic mass is 9.92. The maximum Gasteiger partial charge on any atom is 0.407 e. The average molecular weight is 394 g/mol. The number of hydrogen-bond acceptors (Lipinski definition) is 6. The molecule has 0 radical (unpaired) electrons. The lowest BCUT2D eigenvalue weighted by Gasteiger charge is -2.33. The minimum absolute atomic E-state index is 0.268. The van der Waals surface area contributed by atoms with Gasteiger partial charge in [0.25, 0.3) is 5.91 Å². The van der Waals surface area contributed by atoms with Crippen LogP contribution in [0, 0.1) is 0 Å². The van der Waals surface area contributed by atoms with Gasteiger partial charge in [-0.2, -0.15) is 0 Å². The number of ether oxygens (including phenoxy) is 1. The first-order chi connectivity index (χ1) is 12.7. The number of thiazole rings is 1. The van der Waals surface area contributed by atoms with Crippen molar-refractivity contribution in [3.8, 4) is 10.6 Å². The molecule has 2 amide bonds. The average Bonchev–Trinajstić information content (AvgIpc) is 3.28. The molecule has 0 bridgehead atoms. The number of hydrogen-bond donors (Lipinski definition) is 2. The number of carbonyl (C=O) groups excluding carboxylic acids is 2. The first-order valence-corrected chi connectivity index (χ1v) is 9.83. The maximum absolute atomic E-state index is 12.7. The molecule has 2 heterocycles. The summed E-state index contributed by atoms with van der Waals surface area (Å²) in [6.07, 6.45) is 3.97. The summed E-state index contributed by atoms with van der Waals surface area (Å²) in [5.74, 6) is -0.268. The van der Waals surface area contributed by atoms with Crippen molar-refractivity contribution >= 4 is 23.3 Å². The number of furan rings is 1. The van der Waals surface area contributed by atoms with E-state index in [0.717, 1.165) is 10.6 Å². The first-order valence-electron chi connectivity index (χ1n) is 8.95. The predicted octanol–water partition coefficient (Wildman–Crippen LogP) is 4.22. The molecule has 27 heavy (non-hydrogen) atoms. The monoisotopic (exact) mass is 393 g/mol. The quantitative estimate of drug-likeness (QED) is 0.735. The SMILES string of the molecule is CCC(CC)(CNC(=O)OC(C)(C)C)NC(=O)c1csc(-c2ccoc2)n1. The van der Waals surface area contributed by atoms with E-state index in [1.807, 2.05) is 13.8 Å². The highest BCUT2D eigenvalue weighted by atomic mass is 32.1. The molecule has 2 aromatic heterocycles. The van der Waals surface area contributed by atoms with Crippen molar-refractivity contribution in [3.63, 3.8) is 0 Å². The summed E-state index contributed by atoms with van der Waals surface area (Å²) < 4.78 is 10.3. The van der Waals surface area contributed by atoms with Gasteiger partial charge in [-0.3, -0.25) is 4.79 Å². The van der Waals surface area contributed by atoms with Crippen LogP contribution in [-0.4, -0.2) is 34.7 Å². The number of nitrogens with zero attached hydrogens (tertiary/aromatic N) is 1. The number of amides is 2. The molecule has 0 saturated heterocycles. The number of carbonyl (C=O) groups is 2. The zero-order valence-corrected chi connectivity index (χ0v) is 17.2. The third kappa shape index (κ3) is 5.82. The zero-order chi connectivity index (χ0) is 20.1. The maximum atomic E-state index is 12.7. The number of aromatic nitrogens is 1. The molecule has 0 aliphatic rings. The highest BCUT2D eigenvalue weighted by Crippen LogP contribution is 2.24. The Balaban J connectivity index is 2.03. The van der Waals surface area contributed by atoms with Gasteiger partial charge >= 0.3 is 6.09 Å². The molecule has 0 unspecified atom stereocenters. The van der Waals surface area contributed by atoms with Gasteiger partial charge in [0, 0.05) is 17.5 Å². The highest BCUT2D eigenvalue weighted by molar-refractivity contribution is 7.13. The van der Waals surface area contributed by atoms with Crippen LogP contribution in [0.4, 0.5) is 4.79 Å². The smallest absolute Gasteiger partial charge is 0.407 e. The Bertz CT molecular complexity index is 758. The summed E-state index contributed by atoms with van der Waals surface area (Å²) in [4.78, 5) is 29.0. The van der Waals surface area contributed by atoms with Crippen molar-refractivity contribution in [1.82, 2.24) is 15.6 Å². The van der Waals surface area contributed by atoms with Gasteiger partial charge in [-0.05, 0) is 39.7 Å². The van der Waals surface area contributed by atoms with Crippen molar-refractivity contribution in [2.75, 3.05) is 6.54 Å². The van der Waals surface area contributed by atoms with Crippen LogP contribution in [0.25, 0.3) is 10.6 Å². The number of nitrogens with one attached hydrogen (secondary N) is 2. The van der Waals surface area contributed by atoms with Crippen LogP contribution in [0.5, 0.6) is 0 Å². The molecule has 2 N–H and O–H groups in total. The predicted molar refractivity (Wildman–Crippen MR) is 105 cm³/mol. The third-order valence-electron chi connectivity index (χ3n) is 4.21. The molecule has 0 fully saturated rings. The van der Waals surface area contributed by atoms with E-state index < -0.39 is 17.2 Å². The van der Waals surface area contributed by atoms with Crippen LogP contribution in [0.2, 0.25) is 0 Å². The molecule has 0 spiro atoms. The number of rotatable bonds is 7. The van der Waals surface area contributed by atoms with Crippen LogP contribution in [0.15, 0.2) is 28.4 Å². The molecule has 0 aliphatic heterocycles. The lowest BCUT2D eigenvalue weighted by molar-refractivity contribution is 0.0501. The summed E-state index contributed by atoms with van der Waals surface area (Å²) in [5, 5.41) is 8.23. The summed E-state index contributed by atoms with van der Waals surface area (Å²) in [6.45, 7) is 9.64. The number of alkyl carbamates (subject to hydrolysis) is 1. The summed E-state index contributed by atoms with van der Waals surface area (Å²) in [5.41, 5.74) is 0.0361. The lowest BCUT2D eigenvalue weighted by Crippen LogP contribution is -2.55. The Morgan fingerprint density at radius 2 is 1.96 bits per heavy atom. The molecular weight excluding hydrogens is 366 g/mol. The van der Waals surface area contributed by atoms with Gasteiger partial charge < -0.3 is 19.8 Å². The highest BCUT2D eigenvalue weighted by Gasteiger charge is 2.30. The van der Waals surface area contributed by atoms with Crippen molar-refractivity contribution < 1.29 is 18.7 Å². The second-order valence-electron chi connectivity index (χ2n) is 7.35. The van der Waals surface area contributed by atoms with Gasteiger partial charge in [0.15, 0.2) is 0 Å². The summed E-state index contributed by atoms with van der Waals surface area (Å²) in [7, 11) is 0. The summed E-state index contributed by atoms with van der Waals surface area (Å²) in [6, 6.07) is 1.80. The van der Waals surface area contributed by atoms with E-state index in [9.17, 15) is 9.59 Å². The molecule has 0 saturated carbocycles. The van der Waals surface area contributed by atoms with Gasteiger partial charge in [-0.15, -0.1) is 11.3 Å². The Hall–Kier alpha value is -2.35. The van der Waals surface area contributed by atoms with Crippen molar-refractivity contribution in [2.24, 2.45) is 0 Å². The van der Waals surface area contributed by atoms with Crippen LogP contribution in [-0.2, 0) is 4.74 Å². The van der Waals surface area contributed by atoms with Crippen LogP contribution in [0.1, 0.15) is 57.9 Å². The van der Waals surface area contributed by atoms with Gasteiger partial charge in [-0.25, -0.2) is 9.78 Å². The van der Waals surface area contributed by atoms with Gasteiger partial charge in [0.1, 0.15) is 22.6 Å². The van der Waals surface area contributed by atoms with Gasteiger partial charge in [0.2, 0.25) is 0 Å². The van der Waals surface area contributed by atoms with E-state index in [-0.39, 0.29) is 12.5 Å². The summed E-state index contributed by atoms with van der Waals surface area (Å²) >= 11 is 1.38. The second kappa shape index (κ2) is 8.56. The molecule has 0 atom stereocenters. The van der Waals surface area contributed by atoms with Crippen molar-refractivity contribution in [1.29, 1.82) is 0 Å². The molecule has 2 aromatic rings. The van der Waals surface area contributed by atoms with Crippen LogP contribution >= 0.6 is 11.3 Å². The fourth-order valence-corrected chi connectivity index (χ4v) is 3.26. The van der Waals surface area contributed by atoms with Crippen molar-refractivity contribution in [2.45, 2.75) is 58.6 Å². The second-order valence-corrected chi connectivity index (χ2v) is 8.21. The Morgan fingerprint density at radius 1 is 1.26 bits per heavy atom. The normalized spacial score (nSPS) is 11.9. The first kappa shape index (κ1) is 21.0. The van der Waals surface area contributed by atoms with E-state index >= 15 is 0 Å². The Labute approximate surface area is 163 Å². The Morgan fingerprint density at radius 3 is 2.52 bits per heavy atom. The van der Waals surface area contributed by atoms with Gasteiger partial charge in [-0.1, -0.05) is 13.8 Å². The fourth-order valence-electron chi connectivity index (χ4n) is 2.48. The van der Waals surface area contributed by atoms with E-state index in [0.29, 0.717) is 18.5 Å². The molecule has 0 aliphatic carbocycles. The molecule has 7 nitrogen and oxygen atoms in total. The topological polar surface area (TPSA) is 93.5 Å². The molecule has 2 rings (SSSR count). The molecule has 148 valence electrons. The van der Waals surface area contributed by atoms with E-state index in [4.69, 9.17) is 9.15 Å². The van der Waals surface area contributed by atoms with E-state index in [2.05, 4.69) is 15.6 Å². The minimum Gasteiger partial charge on any atom is -0.472 e. The van der Waals surface area contributed by atoms with Crippen molar-refractivity contribution in [3.05, 3.63) is 29.7 Å². The molecule has 0 aromatic carbocycles. The third-order valence-corrected chi connectivity index (χ3v) is 5.10. The van der Waals surface area contributed by atoms with E-state index in [1.165, 1.54) is 11.3 Å². The van der Waals surface area contributed by atoms with Crippen LogP contribution < -0.4 is 10.6 Å². The van der Waals surface area contributed by atoms with E-state index in [1.54, 1.807) is 44.7 Å². The van der Waals surface area contributed by atoms with Gasteiger partial charge in [0.05, 0.1) is 11.8 Å².